The molecule has 0 aromatic heterocycles. The molecule has 0 saturated carbocycles. The van der Waals surface area contributed by atoms with Crippen LogP contribution in [0, 0.1) is 0 Å². The van der Waals surface area contributed by atoms with Crippen LogP contribution in [0.2, 0.25) is 0 Å². The topological polar surface area (TPSA) is 81.8 Å². The van der Waals surface area contributed by atoms with Crippen LogP contribution >= 0.6 is 12.4 Å². The van der Waals surface area contributed by atoms with Gasteiger partial charge in [-0.25, -0.2) is 4.79 Å². The van der Waals surface area contributed by atoms with E-state index in [-0.39, 0.29) is 48.9 Å². The van der Waals surface area contributed by atoms with E-state index in [9.17, 15) is 14.4 Å². The number of urea groups is 1. The molecule has 0 bridgehead atoms. The predicted molar refractivity (Wildman–Crippen MR) is 84.9 cm³/mol. The summed E-state index contributed by atoms with van der Waals surface area (Å²) in [5, 5.41) is 6.36. The van der Waals surface area contributed by atoms with Crippen LogP contribution in [0.3, 0.4) is 0 Å². The van der Waals surface area contributed by atoms with Crippen molar-refractivity contribution in [3.63, 3.8) is 0 Å². The largest absolute Gasteiger partial charge is 0.352 e. The maximum absolute atomic E-state index is 11.9. The average Bonchev–Trinajstić information content (AvgIpc) is 2.68. The zero-order valence-corrected chi connectivity index (χ0v) is 13.9. The summed E-state index contributed by atoms with van der Waals surface area (Å²) in [5.41, 5.74) is 0. The molecule has 0 aliphatic carbocycles. The molecule has 2 N–H and O–H groups in total. The van der Waals surface area contributed by atoms with Crippen molar-refractivity contribution in [2.75, 3.05) is 26.7 Å². The summed E-state index contributed by atoms with van der Waals surface area (Å²) in [6.45, 7) is 3.52. The van der Waals surface area contributed by atoms with E-state index < -0.39 is 0 Å². The molecule has 0 spiro atoms. The molecular formula is C14H25ClN4O3. The zero-order valence-electron chi connectivity index (χ0n) is 13.1. The van der Waals surface area contributed by atoms with Crippen molar-refractivity contribution in [1.82, 2.24) is 20.4 Å². The quantitative estimate of drug-likeness (QED) is 0.711. The first-order chi connectivity index (χ1) is 9.99. The number of nitrogens with one attached hydrogen (secondary N) is 2. The Morgan fingerprint density at radius 3 is 2.73 bits per heavy atom. The fraction of sp³-hybridized carbons (Fsp3) is 0.786. The number of nitrogens with zero attached hydrogens (tertiary/aromatic N) is 2. The van der Waals surface area contributed by atoms with Gasteiger partial charge in [-0.1, -0.05) is 0 Å². The Morgan fingerprint density at radius 2 is 2.14 bits per heavy atom. The Morgan fingerprint density at radius 1 is 1.41 bits per heavy atom. The van der Waals surface area contributed by atoms with Crippen LogP contribution in [0.1, 0.15) is 32.6 Å². The van der Waals surface area contributed by atoms with Crippen LogP contribution in [0.25, 0.3) is 0 Å². The van der Waals surface area contributed by atoms with Crippen molar-refractivity contribution < 1.29 is 14.4 Å². The lowest BCUT2D eigenvalue weighted by molar-refractivity contribution is -0.126. The highest BCUT2D eigenvalue weighted by atomic mass is 35.5. The molecular weight excluding hydrogens is 308 g/mol. The summed E-state index contributed by atoms with van der Waals surface area (Å²) in [6, 6.07) is 0.191. The minimum atomic E-state index is -0.273. The van der Waals surface area contributed by atoms with Crippen LogP contribution < -0.4 is 10.6 Å². The van der Waals surface area contributed by atoms with E-state index in [1.807, 2.05) is 0 Å². The summed E-state index contributed by atoms with van der Waals surface area (Å²) < 4.78 is 0. The van der Waals surface area contributed by atoms with E-state index in [4.69, 9.17) is 0 Å². The molecule has 2 fully saturated rings. The van der Waals surface area contributed by atoms with Crippen molar-refractivity contribution in [2.24, 2.45) is 0 Å². The van der Waals surface area contributed by atoms with Gasteiger partial charge in [-0.3, -0.25) is 14.5 Å². The zero-order chi connectivity index (χ0) is 15.4. The molecule has 0 aromatic rings. The Kier molecular flexibility index (Phi) is 7.09. The molecule has 0 radical (unpaired) electrons. The lowest BCUT2D eigenvalue weighted by Crippen LogP contribution is -2.51. The predicted octanol–water partition coefficient (Wildman–Crippen LogP) is 0.339. The average molecular weight is 333 g/mol. The smallest absolute Gasteiger partial charge is 0.326 e. The molecule has 2 rings (SSSR count). The molecule has 4 amide bonds. The molecule has 0 aromatic carbocycles. The monoisotopic (exact) mass is 332 g/mol. The Bertz CT molecular complexity index is 432. The molecule has 8 heteroatoms. The van der Waals surface area contributed by atoms with Crippen LogP contribution in [-0.2, 0) is 9.59 Å². The van der Waals surface area contributed by atoms with Crippen LogP contribution in [0.15, 0.2) is 0 Å². The van der Waals surface area contributed by atoms with Crippen LogP contribution in [-0.4, -0.2) is 66.4 Å². The number of rotatable bonds is 5. The summed E-state index contributed by atoms with van der Waals surface area (Å²) in [4.78, 5) is 37.8. The number of piperidine rings is 1. The van der Waals surface area contributed by atoms with Gasteiger partial charge < -0.3 is 15.5 Å². The summed E-state index contributed by atoms with van der Waals surface area (Å²) in [6.07, 6.45) is 2.90. The van der Waals surface area contributed by atoms with Gasteiger partial charge in [-0.15, -0.1) is 12.4 Å². The van der Waals surface area contributed by atoms with Crippen molar-refractivity contribution in [3.8, 4) is 0 Å². The highest BCUT2D eigenvalue weighted by molar-refractivity contribution is 6.01. The number of hydrogen-bond donors (Lipinski definition) is 2. The number of imide groups is 1. The highest BCUT2D eigenvalue weighted by Crippen LogP contribution is 2.11. The van der Waals surface area contributed by atoms with Gasteiger partial charge in [0.15, 0.2) is 0 Å². The molecule has 7 nitrogen and oxygen atoms in total. The Balaban J connectivity index is 0.00000242. The van der Waals surface area contributed by atoms with Gasteiger partial charge in [0.2, 0.25) is 11.8 Å². The maximum Gasteiger partial charge on any atom is 0.326 e. The fourth-order valence-electron chi connectivity index (χ4n) is 2.81. The first kappa shape index (κ1) is 18.7. The maximum atomic E-state index is 11.9. The first-order valence-electron chi connectivity index (χ1n) is 7.57. The van der Waals surface area contributed by atoms with Gasteiger partial charge in [0, 0.05) is 32.1 Å². The minimum Gasteiger partial charge on any atom is -0.352 e. The third kappa shape index (κ3) is 4.58. The van der Waals surface area contributed by atoms with Gasteiger partial charge in [0.05, 0.1) is 0 Å². The number of carbonyl (C=O) groups excluding carboxylic acids is 3. The summed E-state index contributed by atoms with van der Waals surface area (Å²) in [7, 11) is 1.60. The van der Waals surface area contributed by atoms with Crippen molar-refractivity contribution >= 4 is 30.3 Å². The van der Waals surface area contributed by atoms with E-state index in [0.717, 1.165) is 19.4 Å². The van der Waals surface area contributed by atoms with E-state index in [1.165, 1.54) is 9.80 Å². The standard InChI is InChI=1S/C14H24N4O3.ClH/c1-10-11(5-3-7-15-10)16-12(19)6-4-8-18-13(20)9-17(2)14(18)21;/h10-11,15H,3-9H2,1-2H3,(H,16,19);1H. The number of halogens is 1. The normalized spacial score (nSPS) is 25.2. The molecule has 2 aliphatic heterocycles. The molecule has 2 unspecified atom stereocenters. The Labute approximate surface area is 137 Å². The fourth-order valence-corrected chi connectivity index (χ4v) is 2.81. The van der Waals surface area contributed by atoms with Crippen molar-refractivity contribution in [2.45, 2.75) is 44.7 Å². The van der Waals surface area contributed by atoms with Gasteiger partial charge in [0.1, 0.15) is 6.54 Å². The summed E-state index contributed by atoms with van der Waals surface area (Å²) >= 11 is 0. The molecule has 126 valence electrons. The first-order valence-corrected chi connectivity index (χ1v) is 7.57. The SMILES string of the molecule is CC1NCCCC1NC(=O)CCCN1C(=O)CN(C)C1=O.Cl. The third-order valence-corrected chi connectivity index (χ3v) is 4.12. The number of carbonyl (C=O) groups is 3. The Hall–Kier alpha value is -1.34. The van der Waals surface area contributed by atoms with Crippen LogP contribution in [0.5, 0.6) is 0 Å². The number of likely N-dealkylation sites (N-methyl/N-ethyl adjacent to an activating group) is 1. The van der Waals surface area contributed by atoms with Gasteiger partial charge in [-0.2, -0.15) is 0 Å². The second kappa shape index (κ2) is 8.33. The second-order valence-electron chi connectivity index (χ2n) is 5.85. The van der Waals surface area contributed by atoms with E-state index in [0.29, 0.717) is 19.4 Å². The second-order valence-corrected chi connectivity index (χ2v) is 5.85. The molecule has 2 atom stereocenters. The van der Waals surface area contributed by atoms with Crippen LogP contribution in [0.4, 0.5) is 4.79 Å². The molecule has 2 saturated heterocycles. The lowest BCUT2D eigenvalue weighted by atomic mass is 10.00. The molecule has 22 heavy (non-hydrogen) atoms. The third-order valence-electron chi connectivity index (χ3n) is 4.12. The molecule has 2 aliphatic rings. The van der Waals surface area contributed by atoms with E-state index in [1.54, 1.807) is 7.05 Å². The van der Waals surface area contributed by atoms with Crippen molar-refractivity contribution in [1.29, 1.82) is 0 Å². The van der Waals surface area contributed by atoms with E-state index in [2.05, 4.69) is 17.6 Å². The summed E-state index contributed by atoms with van der Waals surface area (Å²) in [5.74, 6) is -0.198. The van der Waals surface area contributed by atoms with Gasteiger partial charge in [0.25, 0.3) is 0 Å². The minimum absolute atomic E-state index is 0. The number of hydrogen-bond acceptors (Lipinski definition) is 4. The van der Waals surface area contributed by atoms with E-state index >= 15 is 0 Å². The van der Waals surface area contributed by atoms with Gasteiger partial charge in [-0.05, 0) is 32.7 Å². The van der Waals surface area contributed by atoms with Crippen molar-refractivity contribution in [3.05, 3.63) is 0 Å². The highest BCUT2D eigenvalue weighted by Gasteiger charge is 2.33. The molecule has 2 heterocycles. The van der Waals surface area contributed by atoms with Gasteiger partial charge >= 0.3 is 6.03 Å². The number of amides is 4. The lowest BCUT2D eigenvalue weighted by Gasteiger charge is -2.30.